The molecular formula is C13H20N2O3S2. The molecule has 0 fully saturated rings. The van der Waals surface area contributed by atoms with Gasteiger partial charge in [-0.15, -0.1) is 17.9 Å². The molecular weight excluding hydrogens is 296 g/mol. The van der Waals surface area contributed by atoms with E-state index in [9.17, 15) is 13.2 Å². The normalized spacial score (nSPS) is 11.7. The van der Waals surface area contributed by atoms with Crippen LogP contribution < -0.4 is 5.73 Å². The number of primary amides is 1. The third-order valence-corrected chi connectivity index (χ3v) is 5.22. The zero-order valence-electron chi connectivity index (χ0n) is 11.3. The molecule has 0 radical (unpaired) electrons. The summed E-state index contributed by atoms with van der Waals surface area (Å²) < 4.78 is 23.6. The van der Waals surface area contributed by atoms with Gasteiger partial charge in [0.15, 0.2) is 9.84 Å². The van der Waals surface area contributed by atoms with Gasteiger partial charge < -0.3 is 5.73 Å². The zero-order valence-corrected chi connectivity index (χ0v) is 13.0. The topological polar surface area (TPSA) is 80.5 Å². The SMILES string of the molecule is C=CCN(CCS(=O)(=O)CCC(N)=O)Cc1cccs1. The first-order valence-electron chi connectivity index (χ1n) is 6.27. The molecule has 1 rings (SSSR count). The molecule has 0 saturated carbocycles. The molecule has 7 heteroatoms. The summed E-state index contributed by atoms with van der Waals surface area (Å²) in [6.45, 7) is 5.44. The van der Waals surface area contributed by atoms with Crippen LogP contribution in [0, 0.1) is 0 Å². The van der Waals surface area contributed by atoms with Gasteiger partial charge in [0.1, 0.15) is 0 Å². The van der Waals surface area contributed by atoms with Crippen molar-refractivity contribution in [2.24, 2.45) is 5.73 Å². The van der Waals surface area contributed by atoms with Crippen LogP contribution in [0.5, 0.6) is 0 Å². The maximum atomic E-state index is 11.8. The van der Waals surface area contributed by atoms with Crippen LogP contribution in [-0.4, -0.2) is 43.8 Å². The number of sulfone groups is 1. The summed E-state index contributed by atoms with van der Waals surface area (Å²) in [5.74, 6) is -0.738. The molecule has 5 nitrogen and oxygen atoms in total. The van der Waals surface area contributed by atoms with Crippen LogP contribution in [0.1, 0.15) is 11.3 Å². The Bertz CT molecular complexity index is 524. The van der Waals surface area contributed by atoms with Gasteiger partial charge in [0.2, 0.25) is 5.91 Å². The van der Waals surface area contributed by atoms with E-state index >= 15 is 0 Å². The first-order valence-corrected chi connectivity index (χ1v) is 8.97. The summed E-state index contributed by atoms with van der Waals surface area (Å²) in [4.78, 5) is 13.8. The lowest BCUT2D eigenvalue weighted by molar-refractivity contribution is -0.117. The number of amides is 1. The molecule has 20 heavy (non-hydrogen) atoms. The molecule has 0 atom stereocenters. The summed E-state index contributed by atoms with van der Waals surface area (Å²) in [7, 11) is -3.24. The van der Waals surface area contributed by atoms with Crippen LogP contribution in [-0.2, 0) is 21.2 Å². The van der Waals surface area contributed by atoms with Crippen LogP contribution in [0.15, 0.2) is 30.2 Å². The number of nitrogens with zero attached hydrogens (tertiary/aromatic N) is 1. The lowest BCUT2D eigenvalue weighted by atomic mass is 10.4. The van der Waals surface area contributed by atoms with Gasteiger partial charge in [-0.3, -0.25) is 9.69 Å². The minimum atomic E-state index is -3.24. The van der Waals surface area contributed by atoms with Gasteiger partial charge in [-0.05, 0) is 11.4 Å². The van der Waals surface area contributed by atoms with Crippen molar-refractivity contribution in [3.63, 3.8) is 0 Å². The molecule has 1 amide bonds. The monoisotopic (exact) mass is 316 g/mol. The highest BCUT2D eigenvalue weighted by molar-refractivity contribution is 7.91. The minimum Gasteiger partial charge on any atom is -0.370 e. The average molecular weight is 316 g/mol. The summed E-state index contributed by atoms with van der Waals surface area (Å²) in [5, 5.41) is 1.99. The third kappa shape index (κ3) is 6.83. The van der Waals surface area contributed by atoms with Crippen molar-refractivity contribution in [1.82, 2.24) is 4.90 Å². The number of hydrogen-bond acceptors (Lipinski definition) is 5. The second-order valence-electron chi connectivity index (χ2n) is 4.47. The Labute approximate surface area is 124 Å². The van der Waals surface area contributed by atoms with E-state index in [1.54, 1.807) is 17.4 Å². The van der Waals surface area contributed by atoms with Crippen LogP contribution >= 0.6 is 11.3 Å². The predicted octanol–water partition coefficient (Wildman–Crippen LogP) is 1.03. The number of thiophene rings is 1. The molecule has 0 unspecified atom stereocenters. The van der Waals surface area contributed by atoms with E-state index < -0.39 is 15.7 Å². The number of rotatable bonds is 10. The Balaban J connectivity index is 2.49. The maximum Gasteiger partial charge on any atom is 0.218 e. The van der Waals surface area contributed by atoms with Gasteiger partial charge in [-0.1, -0.05) is 12.1 Å². The van der Waals surface area contributed by atoms with Crippen molar-refractivity contribution in [3.05, 3.63) is 35.0 Å². The summed E-state index contributed by atoms with van der Waals surface area (Å²) in [6.07, 6.45) is 1.64. The summed E-state index contributed by atoms with van der Waals surface area (Å²) in [6, 6.07) is 3.98. The second-order valence-corrected chi connectivity index (χ2v) is 7.81. The van der Waals surface area contributed by atoms with Gasteiger partial charge in [0.25, 0.3) is 0 Å². The first-order chi connectivity index (χ1) is 9.43. The van der Waals surface area contributed by atoms with Crippen LogP contribution in [0.4, 0.5) is 0 Å². The van der Waals surface area contributed by atoms with Gasteiger partial charge in [-0.2, -0.15) is 0 Å². The number of carbonyl (C=O) groups excluding carboxylic acids is 1. The smallest absolute Gasteiger partial charge is 0.218 e. The fraction of sp³-hybridized carbons (Fsp3) is 0.462. The van der Waals surface area contributed by atoms with E-state index in [-0.39, 0.29) is 17.9 Å². The minimum absolute atomic E-state index is 0.0273. The van der Waals surface area contributed by atoms with E-state index in [0.29, 0.717) is 19.6 Å². The highest BCUT2D eigenvalue weighted by Gasteiger charge is 2.15. The molecule has 1 aromatic heterocycles. The highest BCUT2D eigenvalue weighted by atomic mass is 32.2. The Hall–Kier alpha value is -1.18. The van der Waals surface area contributed by atoms with Gasteiger partial charge in [0, 0.05) is 30.9 Å². The Morgan fingerprint density at radius 1 is 1.45 bits per heavy atom. The predicted molar refractivity (Wildman–Crippen MR) is 82.3 cm³/mol. The number of carbonyl (C=O) groups is 1. The largest absolute Gasteiger partial charge is 0.370 e. The molecule has 0 aliphatic rings. The molecule has 0 spiro atoms. The molecule has 0 aliphatic heterocycles. The van der Waals surface area contributed by atoms with Crippen molar-refractivity contribution >= 4 is 27.1 Å². The molecule has 0 aliphatic carbocycles. The quantitative estimate of drug-likeness (QED) is 0.654. The van der Waals surface area contributed by atoms with E-state index in [1.807, 2.05) is 22.4 Å². The van der Waals surface area contributed by atoms with Crippen molar-refractivity contribution in [2.75, 3.05) is 24.6 Å². The maximum absolute atomic E-state index is 11.8. The van der Waals surface area contributed by atoms with Crippen LogP contribution in [0.25, 0.3) is 0 Å². The van der Waals surface area contributed by atoms with Gasteiger partial charge >= 0.3 is 0 Å². The summed E-state index contributed by atoms with van der Waals surface area (Å²) >= 11 is 1.64. The number of hydrogen-bond donors (Lipinski definition) is 1. The molecule has 0 saturated heterocycles. The van der Waals surface area contributed by atoms with Crippen LogP contribution in [0.3, 0.4) is 0 Å². The molecule has 1 heterocycles. The van der Waals surface area contributed by atoms with Gasteiger partial charge in [0.05, 0.1) is 11.5 Å². The fourth-order valence-electron chi connectivity index (χ4n) is 1.67. The van der Waals surface area contributed by atoms with E-state index in [0.717, 1.165) is 0 Å². The standard InChI is InChI=1S/C13H20N2O3S2/c1-2-6-15(11-12-4-3-8-19-12)7-10-20(17,18)9-5-13(14)16/h2-4,8H,1,5-7,9-11H2,(H2,14,16). The zero-order chi connectivity index (χ0) is 15.0. The fourth-order valence-corrected chi connectivity index (χ4v) is 3.67. The lowest BCUT2D eigenvalue weighted by Gasteiger charge is -2.19. The van der Waals surface area contributed by atoms with Crippen molar-refractivity contribution < 1.29 is 13.2 Å². The van der Waals surface area contributed by atoms with Gasteiger partial charge in [-0.25, -0.2) is 8.42 Å². The van der Waals surface area contributed by atoms with E-state index in [2.05, 4.69) is 6.58 Å². The second kappa shape index (κ2) is 8.18. The van der Waals surface area contributed by atoms with E-state index in [1.165, 1.54) is 4.88 Å². The number of nitrogens with two attached hydrogens (primary N) is 1. The van der Waals surface area contributed by atoms with Crippen molar-refractivity contribution in [3.8, 4) is 0 Å². The highest BCUT2D eigenvalue weighted by Crippen LogP contribution is 2.12. The molecule has 1 aromatic rings. The first kappa shape index (κ1) is 16.9. The van der Waals surface area contributed by atoms with Crippen molar-refractivity contribution in [1.29, 1.82) is 0 Å². The van der Waals surface area contributed by atoms with Crippen molar-refractivity contribution in [2.45, 2.75) is 13.0 Å². The Morgan fingerprint density at radius 3 is 2.75 bits per heavy atom. The van der Waals surface area contributed by atoms with Crippen LogP contribution in [0.2, 0.25) is 0 Å². The molecule has 112 valence electrons. The molecule has 0 bridgehead atoms. The summed E-state index contributed by atoms with van der Waals surface area (Å²) in [5.41, 5.74) is 4.97. The molecule has 0 aromatic carbocycles. The molecule has 2 N–H and O–H groups in total. The lowest BCUT2D eigenvalue weighted by Crippen LogP contribution is -2.30. The Kier molecular flexibility index (Phi) is 6.90. The Morgan fingerprint density at radius 2 is 2.20 bits per heavy atom. The average Bonchev–Trinajstić information content (AvgIpc) is 2.87. The van der Waals surface area contributed by atoms with E-state index in [4.69, 9.17) is 5.73 Å². The third-order valence-electron chi connectivity index (χ3n) is 2.72.